The Balaban J connectivity index is 2.01. The lowest BCUT2D eigenvalue weighted by Crippen LogP contribution is -2.24. The van der Waals surface area contributed by atoms with Crippen LogP contribution in [0.15, 0.2) is 42.5 Å². The Morgan fingerprint density at radius 3 is 2.54 bits per heavy atom. The summed E-state index contributed by atoms with van der Waals surface area (Å²) in [5.74, 6) is 0.725. The number of hydrogen-bond donors (Lipinski definition) is 1. The topological polar surface area (TPSA) is 75.7 Å². The highest BCUT2D eigenvalue weighted by atomic mass is 16.4. The molecule has 1 aromatic carbocycles. The average molecular weight is 349 g/mol. The minimum absolute atomic E-state index is 0.512. The fraction of sp³-hybridized carbons (Fsp3) is 0.211. The predicted molar refractivity (Wildman–Crippen MR) is 99.9 cm³/mol. The fourth-order valence-corrected chi connectivity index (χ4v) is 3.35. The van der Waals surface area contributed by atoms with Crippen LogP contribution in [0, 0.1) is 13.8 Å². The molecule has 132 valence electrons. The van der Waals surface area contributed by atoms with Gasteiger partial charge in [0.05, 0.1) is 16.7 Å². The van der Waals surface area contributed by atoms with Crippen molar-refractivity contribution in [2.24, 2.45) is 0 Å². The highest BCUT2D eigenvalue weighted by Gasteiger charge is 2.20. The van der Waals surface area contributed by atoms with Gasteiger partial charge in [0.25, 0.3) is 0 Å². The monoisotopic (exact) mass is 349 g/mol. The first-order valence-electron chi connectivity index (χ1n) is 8.32. The van der Waals surface area contributed by atoms with Crippen LogP contribution < -0.4 is 4.90 Å². The van der Waals surface area contributed by atoms with E-state index in [1.165, 1.54) is 17.5 Å². The molecule has 7 heteroatoms. The lowest BCUT2D eigenvalue weighted by Gasteiger charge is -2.16. The zero-order valence-electron chi connectivity index (χ0n) is 14.8. The van der Waals surface area contributed by atoms with Crippen LogP contribution in [-0.4, -0.2) is 37.4 Å². The van der Waals surface area contributed by atoms with E-state index in [-0.39, 0.29) is 0 Å². The molecule has 3 heterocycles. The highest BCUT2D eigenvalue weighted by molar-refractivity contribution is 5.96. The lowest BCUT2D eigenvalue weighted by atomic mass is 10.2. The van der Waals surface area contributed by atoms with Gasteiger partial charge in [-0.1, -0.05) is 30.3 Å². The first kappa shape index (κ1) is 16.1. The van der Waals surface area contributed by atoms with Gasteiger partial charge in [0.2, 0.25) is 0 Å². The first-order chi connectivity index (χ1) is 12.5. The van der Waals surface area contributed by atoms with Gasteiger partial charge in [-0.3, -0.25) is 9.30 Å². The van der Waals surface area contributed by atoms with Gasteiger partial charge < -0.3 is 9.67 Å². The van der Waals surface area contributed by atoms with E-state index >= 15 is 0 Å². The zero-order valence-corrected chi connectivity index (χ0v) is 14.8. The number of aromatic nitrogens is 4. The molecule has 0 saturated heterocycles. The van der Waals surface area contributed by atoms with Crippen molar-refractivity contribution in [3.05, 3.63) is 59.5 Å². The molecule has 4 rings (SSSR count). The highest BCUT2D eigenvalue weighted by Crippen LogP contribution is 2.30. The zero-order chi connectivity index (χ0) is 18.4. The standard InChI is InChI=1S/C19H19N5O2/c1-12-9-16-15(23(12)11-14-7-5-4-6-8-14)10-17(22(3)19(25)26)18-21-20-13(2)24(16)18/h4-10H,11H2,1-3H3,(H,25,26). The van der Waals surface area contributed by atoms with Gasteiger partial charge in [0.15, 0.2) is 5.65 Å². The number of rotatable bonds is 3. The Hall–Kier alpha value is -3.35. The molecule has 0 spiro atoms. The maximum absolute atomic E-state index is 11.5. The molecular weight excluding hydrogens is 330 g/mol. The normalized spacial score (nSPS) is 11.3. The van der Waals surface area contributed by atoms with Gasteiger partial charge >= 0.3 is 6.09 Å². The second-order valence-corrected chi connectivity index (χ2v) is 6.41. The van der Waals surface area contributed by atoms with E-state index < -0.39 is 6.09 Å². The maximum atomic E-state index is 11.5. The third-order valence-electron chi connectivity index (χ3n) is 4.72. The van der Waals surface area contributed by atoms with Crippen molar-refractivity contribution in [3.8, 4) is 0 Å². The largest absolute Gasteiger partial charge is 0.465 e. The summed E-state index contributed by atoms with van der Waals surface area (Å²) in [5.41, 5.74) is 5.24. The van der Waals surface area contributed by atoms with Gasteiger partial charge in [0, 0.05) is 19.3 Å². The third-order valence-corrected chi connectivity index (χ3v) is 4.72. The molecule has 0 aliphatic heterocycles. The van der Waals surface area contributed by atoms with E-state index in [4.69, 9.17) is 0 Å². The van der Waals surface area contributed by atoms with E-state index in [0.717, 1.165) is 22.6 Å². The number of carboxylic acid groups (broad SMARTS) is 1. The van der Waals surface area contributed by atoms with Crippen LogP contribution in [0.25, 0.3) is 16.7 Å². The number of pyridine rings is 1. The van der Waals surface area contributed by atoms with E-state index in [1.807, 2.05) is 35.6 Å². The number of benzene rings is 1. The summed E-state index contributed by atoms with van der Waals surface area (Å²) in [5, 5.41) is 17.8. The fourth-order valence-electron chi connectivity index (χ4n) is 3.35. The SMILES string of the molecule is Cc1cc2c(cc(N(C)C(=O)O)c3nnc(C)n32)n1Cc1ccccc1. The summed E-state index contributed by atoms with van der Waals surface area (Å²) >= 11 is 0. The summed E-state index contributed by atoms with van der Waals surface area (Å²) in [6, 6.07) is 14.2. The molecule has 0 radical (unpaired) electrons. The van der Waals surface area contributed by atoms with Crippen LogP contribution in [0.1, 0.15) is 17.1 Å². The number of anilines is 1. The summed E-state index contributed by atoms with van der Waals surface area (Å²) in [6.07, 6.45) is -1.04. The van der Waals surface area contributed by atoms with Crippen LogP contribution in [-0.2, 0) is 6.54 Å². The van der Waals surface area contributed by atoms with Gasteiger partial charge in [-0.15, -0.1) is 10.2 Å². The molecule has 4 aromatic rings. The molecule has 0 fully saturated rings. The molecule has 0 saturated carbocycles. The van der Waals surface area contributed by atoms with Crippen molar-refractivity contribution in [3.63, 3.8) is 0 Å². The summed E-state index contributed by atoms with van der Waals surface area (Å²) in [6.45, 7) is 4.63. The van der Waals surface area contributed by atoms with Gasteiger partial charge in [-0.2, -0.15) is 0 Å². The van der Waals surface area contributed by atoms with Crippen molar-refractivity contribution in [1.82, 2.24) is 19.2 Å². The van der Waals surface area contributed by atoms with Crippen LogP contribution in [0.3, 0.4) is 0 Å². The number of fused-ring (bicyclic) bond motifs is 3. The molecule has 0 aliphatic rings. The number of amides is 1. The van der Waals surface area contributed by atoms with Crippen molar-refractivity contribution in [2.45, 2.75) is 20.4 Å². The van der Waals surface area contributed by atoms with Gasteiger partial charge in [-0.05, 0) is 31.5 Å². The predicted octanol–water partition coefficient (Wildman–Crippen LogP) is 3.46. The number of aryl methyl sites for hydroxylation is 2. The van der Waals surface area contributed by atoms with Gasteiger partial charge in [0.1, 0.15) is 5.82 Å². The van der Waals surface area contributed by atoms with E-state index in [0.29, 0.717) is 17.9 Å². The second-order valence-electron chi connectivity index (χ2n) is 6.41. The van der Waals surface area contributed by atoms with Crippen LogP contribution in [0.5, 0.6) is 0 Å². The summed E-state index contributed by atoms with van der Waals surface area (Å²) in [7, 11) is 1.52. The maximum Gasteiger partial charge on any atom is 0.411 e. The molecule has 0 atom stereocenters. The molecule has 3 aromatic heterocycles. The lowest BCUT2D eigenvalue weighted by molar-refractivity contribution is 0.203. The molecule has 26 heavy (non-hydrogen) atoms. The smallest absolute Gasteiger partial charge is 0.411 e. The van der Waals surface area contributed by atoms with Crippen molar-refractivity contribution in [2.75, 3.05) is 11.9 Å². The minimum Gasteiger partial charge on any atom is -0.465 e. The number of nitrogens with zero attached hydrogens (tertiary/aromatic N) is 5. The molecule has 1 amide bonds. The minimum atomic E-state index is -1.04. The van der Waals surface area contributed by atoms with E-state index in [9.17, 15) is 9.90 Å². The first-order valence-corrected chi connectivity index (χ1v) is 8.32. The quantitative estimate of drug-likeness (QED) is 0.614. The van der Waals surface area contributed by atoms with Gasteiger partial charge in [-0.25, -0.2) is 4.79 Å². The van der Waals surface area contributed by atoms with Crippen LogP contribution in [0.2, 0.25) is 0 Å². The van der Waals surface area contributed by atoms with E-state index in [1.54, 1.807) is 0 Å². The van der Waals surface area contributed by atoms with Crippen molar-refractivity contribution < 1.29 is 9.90 Å². The van der Waals surface area contributed by atoms with Crippen LogP contribution >= 0.6 is 0 Å². The van der Waals surface area contributed by atoms with Crippen LogP contribution in [0.4, 0.5) is 10.5 Å². The Morgan fingerprint density at radius 1 is 1.12 bits per heavy atom. The van der Waals surface area contributed by atoms with E-state index in [2.05, 4.69) is 39.9 Å². The molecule has 7 nitrogen and oxygen atoms in total. The summed E-state index contributed by atoms with van der Waals surface area (Å²) < 4.78 is 4.10. The second kappa shape index (κ2) is 5.87. The van der Waals surface area contributed by atoms with Crippen molar-refractivity contribution >= 4 is 28.5 Å². The number of hydrogen-bond acceptors (Lipinski definition) is 3. The number of carbonyl (C=O) groups is 1. The molecular formula is C19H19N5O2. The molecule has 0 unspecified atom stereocenters. The average Bonchev–Trinajstić information content (AvgIpc) is 3.15. The molecule has 0 aliphatic carbocycles. The Morgan fingerprint density at radius 2 is 1.85 bits per heavy atom. The Labute approximate surface area is 150 Å². The van der Waals surface area contributed by atoms with Crippen molar-refractivity contribution in [1.29, 1.82) is 0 Å². The summed E-state index contributed by atoms with van der Waals surface area (Å²) in [4.78, 5) is 12.7. The molecule has 1 N–H and O–H groups in total. The Bertz CT molecular complexity index is 1130. The third kappa shape index (κ3) is 2.40. The molecule has 0 bridgehead atoms. The Kier molecular flexibility index (Phi) is 3.64.